The standard InChI is InChI=1S/C25H26N2O3S/c1-19-9-15-24(16-10-19)31(28,29)27-18-25(21-7-5-4-6-8-21)26(17-20(27)2)22-11-13-23(30-3)14-12-22/h4-17,25H,18H2,1-3H3. The molecule has 0 saturated carbocycles. The smallest absolute Gasteiger partial charge is 0.264 e. The van der Waals surface area contributed by atoms with Gasteiger partial charge in [0.05, 0.1) is 24.6 Å². The van der Waals surface area contributed by atoms with Crippen LogP contribution >= 0.6 is 0 Å². The molecule has 3 aromatic carbocycles. The van der Waals surface area contributed by atoms with E-state index < -0.39 is 10.0 Å². The van der Waals surface area contributed by atoms with Crippen LogP contribution in [0.25, 0.3) is 0 Å². The molecule has 6 heteroatoms. The average molecular weight is 435 g/mol. The van der Waals surface area contributed by atoms with Gasteiger partial charge in [-0.2, -0.15) is 0 Å². The van der Waals surface area contributed by atoms with E-state index in [0.29, 0.717) is 17.1 Å². The maximum absolute atomic E-state index is 13.5. The fourth-order valence-corrected chi connectivity index (χ4v) is 5.32. The fourth-order valence-electron chi connectivity index (χ4n) is 3.82. The lowest BCUT2D eigenvalue weighted by Crippen LogP contribution is -2.43. The molecule has 0 bridgehead atoms. The average Bonchev–Trinajstić information content (AvgIpc) is 2.79. The molecule has 0 amide bonds. The van der Waals surface area contributed by atoms with Gasteiger partial charge in [0, 0.05) is 17.6 Å². The van der Waals surface area contributed by atoms with Crippen LogP contribution in [0.1, 0.15) is 24.1 Å². The van der Waals surface area contributed by atoms with E-state index in [9.17, 15) is 8.42 Å². The number of benzene rings is 3. The van der Waals surface area contributed by atoms with Gasteiger partial charge >= 0.3 is 0 Å². The summed E-state index contributed by atoms with van der Waals surface area (Å²) in [6, 6.07) is 24.6. The maximum Gasteiger partial charge on any atom is 0.264 e. The molecule has 1 aliphatic heterocycles. The van der Waals surface area contributed by atoms with Crippen molar-refractivity contribution < 1.29 is 13.2 Å². The van der Waals surface area contributed by atoms with Crippen molar-refractivity contribution in [2.45, 2.75) is 24.8 Å². The van der Waals surface area contributed by atoms with Crippen molar-refractivity contribution in [1.29, 1.82) is 0 Å². The Balaban J connectivity index is 1.78. The molecule has 1 unspecified atom stereocenters. The van der Waals surface area contributed by atoms with E-state index >= 15 is 0 Å². The van der Waals surface area contributed by atoms with Crippen LogP contribution in [0.5, 0.6) is 5.75 Å². The van der Waals surface area contributed by atoms with Gasteiger partial charge in [-0.3, -0.25) is 4.31 Å². The second-order valence-electron chi connectivity index (χ2n) is 7.65. The van der Waals surface area contributed by atoms with Crippen LogP contribution in [0.3, 0.4) is 0 Å². The Morgan fingerprint density at radius 3 is 2.13 bits per heavy atom. The van der Waals surface area contributed by atoms with Crippen LogP contribution in [0.15, 0.2) is 95.7 Å². The van der Waals surface area contributed by atoms with Gasteiger partial charge in [-0.25, -0.2) is 8.42 Å². The first kappa shape index (κ1) is 21.0. The Labute approximate surface area is 184 Å². The summed E-state index contributed by atoms with van der Waals surface area (Å²) in [4.78, 5) is 2.43. The Morgan fingerprint density at radius 1 is 0.871 bits per heavy atom. The van der Waals surface area contributed by atoms with Crippen molar-refractivity contribution in [3.63, 3.8) is 0 Å². The van der Waals surface area contributed by atoms with E-state index in [4.69, 9.17) is 4.74 Å². The molecule has 1 atom stereocenters. The van der Waals surface area contributed by atoms with Gasteiger partial charge in [0.2, 0.25) is 0 Å². The Hall–Kier alpha value is -3.25. The van der Waals surface area contributed by atoms with Crippen molar-refractivity contribution in [3.05, 3.63) is 102 Å². The highest BCUT2D eigenvalue weighted by Gasteiger charge is 2.34. The molecular formula is C25H26N2O3S. The van der Waals surface area contributed by atoms with Gasteiger partial charge in [-0.15, -0.1) is 0 Å². The van der Waals surface area contributed by atoms with Crippen molar-refractivity contribution in [2.75, 3.05) is 18.6 Å². The summed E-state index contributed by atoms with van der Waals surface area (Å²) in [6.45, 7) is 4.10. The van der Waals surface area contributed by atoms with Gasteiger partial charge < -0.3 is 9.64 Å². The summed E-state index contributed by atoms with van der Waals surface area (Å²) in [6.07, 6.45) is 1.91. The van der Waals surface area contributed by atoms with Crippen LogP contribution in [0.4, 0.5) is 5.69 Å². The highest BCUT2D eigenvalue weighted by molar-refractivity contribution is 7.89. The number of aryl methyl sites for hydroxylation is 1. The molecule has 1 aliphatic rings. The van der Waals surface area contributed by atoms with Crippen molar-refractivity contribution in [2.24, 2.45) is 0 Å². The predicted octanol–water partition coefficient (Wildman–Crippen LogP) is 5.12. The summed E-state index contributed by atoms with van der Waals surface area (Å²) < 4.78 is 33.7. The van der Waals surface area contributed by atoms with E-state index in [1.807, 2.05) is 86.8 Å². The number of ether oxygens (including phenoxy) is 1. The lowest BCUT2D eigenvalue weighted by molar-refractivity contribution is 0.414. The predicted molar refractivity (Wildman–Crippen MR) is 123 cm³/mol. The van der Waals surface area contributed by atoms with Crippen molar-refractivity contribution >= 4 is 15.7 Å². The van der Waals surface area contributed by atoms with E-state index in [1.54, 1.807) is 19.2 Å². The van der Waals surface area contributed by atoms with Gasteiger partial charge in [-0.05, 0) is 55.8 Å². The highest BCUT2D eigenvalue weighted by Crippen LogP contribution is 2.36. The molecule has 3 aromatic rings. The summed E-state index contributed by atoms with van der Waals surface area (Å²) in [7, 11) is -2.03. The zero-order chi connectivity index (χ0) is 22.0. The molecule has 160 valence electrons. The largest absolute Gasteiger partial charge is 0.497 e. The first-order chi connectivity index (χ1) is 14.9. The third-order valence-corrected chi connectivity index (χ3v) is 7.44. The molecule has 0 aliphatic carbocycles. The molecule has 0 radical (unpaired) electrons. The van der Waals surface area contributed by atoms with Crippen LogP contribution in [0, 0.1) is 6.92 Å². The third-order valence-electron chi connectivity index (χ3n) is 5.56. The van der Waals surface area contributed by atoms with E-state index in [0.717, 1.165) is 22.6 Å². The number of hydrogen-bond acceptors (Lipinski definition) is 4. The van der Waals surface area contributed by atoms with Crippen molar-refractivity contribution in [3.8, 4) is 5.75 Å². The minimum atomic E-state index is -3.67. The number of allylic oxidation sites excluding steroid dienone is 1. The zero-order valence-electron chi connectivity index (χ0n) is 17.9. The number of methoxy groups -OCH3 is 1. The molecule has 0 aromatic heterocycles. The molecule has 0 saturated heterocycles. The van der Waals surface area contributed by atoms with E-state index in [-0.39, 0.29) is 6.04 Å². The number of hydrogen-bond donors (Lipinski definition) is 0. The van der Waals surface area contributed by atoms with Crippen molar-refractivity contribution in [1.82, 2.24) is 4.31 Å². The first-order valence-electron chi connectivity index (χ1n) is 10.2. The molecular weight excluding hydrogens is 408 g/mol. The summed E-state index contributed by atoms with van der Waals surface area (Å²) in [5, 5.41) is 0. The van der Waals surface area contributed by atoms with Gasteiger partial charge in [-0.1, -0.05) is 48.0 Å². The molecule has 4 rings (SSSR count). The Kier molecular flexibility index (Phi) is 5.74. The highest BCUT2D eigenvalue weighted by atomic mass is 32.2. The third kappa shape index (κ3) is 4.16. The quantitative estimate of drug-likeness (QED) is 0.559. The first-order valence-corrected chi connectivity index (χ1v) is 11.6. The lowest BCUT2D eigenvalue weighted by Gasteiger charge is -2.41. The number of nitrogens with zero attached hydrogens (tertiary/aromatic N) is 2. The minimum absolute atomic E-state index is 0.168. The molecule has 31 heavy (non-hydrogen) atoms. The van der Waals surface area contributed by atoms with Crippen LogP contribution in [0.2, 0.25) is 0 Å². The number of sulfonamides is 1. The van der Waals surface area contributed by atoms with Crippen LogP contribution in [-0.2, 0) is 10.0 Å². The topological polar surface area (TPSA) is 49.9 Å². The summed E-state index contributed by atoms with van der Waals surface area (Å²) in [5.41, 5.74) is 3.72. The summed E-state index contributed by atoms with van der Waals surface area (Å²) in [5.74, 6) is 0.779. The Morgan fingerprint density at radius 2 is 1.52 bits per heavy atom. The SMILES string of the molecule is COc1ccc(N2C=C(C)N(S(=O)(=O)c3ccc(C)cc3)CC2c2ccccc2)cc1. The number of anilines is 1. The second-order valence-corrected chi connectivity index (χ2v) is 9.51. The minimum Gasteiger partial charge on any atom is -0.497 e. The zero-order valence-corrected chi connectivity index (χ0v) is 18.7. The Bertz CT molecular complexity index is 1170. The fraction of sp³-hybridized carbons (Fsp3) is 0.200. The normalized spacial score (nSPS) is 16.7. The summed E-state index contributed by atoms with van der Waals surface area (Å²) >= 11 is 0. The van der Waals surface area contributed by atoms with E-state index in [1.165, 1.54) is 4.31 Å². The maximum atomic E-state index is 13.5. The second kappa shape index (κ2) is 8.47. The van der Waals surface area contributed by atoms with Gasteiger partial charge in [0.15, 0.2) is 0 Å². The van der Waals surface area contributed by atoms with E-state index in [2.05, 4.69) is 4.90 Å². The molecule has 0 fully saturated rings. The lowest BCUT2D eigenvalue weighted by atomic mass is 10.0. The molecule has 1 heterocycles. The van der Waals surface area contributed by atoms with Gasteiger partial charge in [0.25, 0.3) is 10.0 Å². The monoisotopic (exact) mass is 434 g/mol. The number of rotatable bonds is 5. The van der Waals surface area contributed by atoms with Crippen LogP contribution < -0.4 is 9.64 Å². The van der Waals surface area contributed by atoms with Crippen LogP contribution in [-0.4, -0.2) is 26.4 Å². The molecule has 0 N–H and O–H groups in total. The molecule has 0 spiro atoms. The van der Waals surface area contributed by atoms with Gasteiger partial charge in [0.1, 0.15) is 5.75 Å². The molecule has 5 nitrogen and oxygen atoms in total.